The monoisotopic (exact) mass is 535 g/mol. The van der Waals surface area contributed by atoms with Gasteiger partial charge in [-0.05, 0) is 60.6 Å². The van der Waals surface area contributed by atoms with Crippen molar-refractivity contribution in [3.8, 4) is 0 Å². The van der Waals surface area contributed by atoms with Crippen LogP contribution in [0.1, 0.15) is 65.7 Å². The molecule has 0 saturated carbocycles. The standard InChI is InChI=1S/C27H37NO10/c1-9-33-22(31)27(18(3)34-16-35-21(30)19-13-11-10-12-14-19)26(15-36-25(7,8)38-26)17(2)20(29)28(27)23(32)37-24(4,5)6/h10-14,17-18H,9,15-16H2,1-8H3/t17-,18+,26-,27+/m0/s1. The van der Waals surface area contributed by atoms with E-state index < -0.39 is 65.3 Å². The zero-order chi connectivity index (χ0) is 28.5. The van der Waals surface area contributed by atoms with Crippen molar-refractivity contribution >= 4 is 23.9 Å². The number of imide groups is 1. The molecule has 210 valence electrons. The molecule has 0 aliphatic carbocycles. The molecule has 1 aromatic carbocycles. The Labute approximate surface area is 222 Å². The largest absolute Gasteiger partial charge is 0.464 e. The second kappa shape index (κ2) is 10.6. The molecule has 2 fully saturated rings. The Morgan fingerprint density at radius 2 is 1.76 bits per heavy atom. The number of nitrogens with zero attached hydrogens (tertiary/aromatic N) is 1. The van der Waals surface area contributed by atoms with Gasteiger partial charge in [0.2, 0.25) is 11.4 Å². The summed E-state index contributed by atoms with van der Waals surface area (Å²) < 4.78 is 34.3. The van der Waals surface area contributed by atoms with Gasteiger partial charge < -0.3 is 28.4 Å². The fourth-order valence-corrected chi connectivity index (χ4v) is 4.97. The third-order valence-electron chi connectivity index (χ3n) is 6.62. The van der Waals surface area contributed by atoms with Crippen molar-refractivity contribution in [1.82, 2.24) is 4.90 Å². The second-order valence-electron chi connectivity index (χ2n) is 10.8. The summed E-state index contributed by atoms with van der Waals surface area (Å²) in [6.45, 7) is 12.0. The first-order valence-corrected chi connectivity index (χ1v) is 12.5. The molecule has 0 N–H and O–H groups in total. The molecule has 0 aromatic heterocycles. The number of hydrogen-bond donors (Lipinski definition) is 0. The van der Waals surface area contributed by atoms with Gasteiger partial charge in [0.15, 0.2) is 12.6 Å². The molecule has 4 atom stereocenters. The molecule has 11 nitrogen and oxygen atoms in total. The molecular formula is C27H37NO10. The number of likely N-dealkylation sites (tertiary alicyclic amines) is 1. The lowest BCUT2D eigenvalue weighted by Gasteiger charge is -2.46. The SMILES string of the molecule is CCOC(=O)[C@@]1([C@@H](C)OCOC(=O)c2ccccc2)N(C(=O)OC(C)(C)C)C(=O)[C@H](C)[C@@]12COC(C)(C)O2. The van der Waals surface area contributed by atoms with Gasteiger partial charge in [-0.15, -0.1) is 0 Å². The molecule has 2 aliphatic rings. The van der Waals surface area contributed by atoms with Gasteiger partial charge in [-0.1, -0.05) is 25.1 Å². The maximum atomic E-state index is 13.9. The van der Waals surface area contributed by atoms with Crippen LogP contribution in [0.2, 0.25) is 0 Å². The van der Waals surface area contributed by atoms with Crippen LogP contribution >= 0.6 is 0 Å². The van der Waals surface area contributed by atoms with Crippen LogP contribution in [0.4, 0.5) is 4.79 Å². The minimum Gasteiger partial charge on any atom is -0.464 e. The Kier molecular flexibility index (Phi) is 8.26. The molecule has 38 heavy (non-hydrogen) atoms. The van der Waals surface area contributed by atoms with Crippen LogP contribution in [-0.4, -0.2) is 77.5 Å². The first-order chi connectivity index (χ1) is 17.6. The highest BCUT2D eigenvalue weighted by Gasteiger charge is 2.80. The fraction of sp³-hybridized carbons (Fsp3) is 0.630. The van der Waals surface area contributed by atoms with Crippen LogP contribution in [0.5, 0.6) is 0 Å². The summed E-state index contributed by atoms with van der Waals surface area (Å²) in [5, 5.41) is 0. The highest BCUT2D eigenvalue weighted by atomic mass is 16.8. The van der Waals surface area contributed by atoms with E-state index in [1.54, 1.807) is 78.8 Å². The number of amides is 2. The minimum absolute atomic E-state index is 0.0542. The number of esters is 2. The van der Waals surface area contributed by atoms with Gasteiger partial charge in [-0.25, -0.2) is 19.3 Å². The molecule has 0 bridgehead atoms. The molecule has 3 rings (SSSR count). The van der Waals surface area contributed by atoms with Crippen molar-refractivity contribution in [2.75, 3.05) is 20.0 Å². The van der Waals surface area contributed by atoms with E-state index in [-0.39, 0.29) is 13.2 Å². The van der Waals surface area contributed by atoms with Crippen molar-refractivity contribution < 1.29 is 47.6 Å². The van der Waals surface area contributed by atoms with E-state index in [4.69, 9.17) is 28.4 Å². The van der Waals surface area contributed by atoms with Crippen LogP contribution in [-0.2, 0) is 38.0 Å². The number of benzene rings is 1. The zero-order valence-electron chi connectivity index (χ0n) is 23.2. The first-order valence-electron chi connectivity index (χ1n) is 12.5. The summed E-state index contributed by atoms with van der Waals surface area (Å²) in [6, 6.07) is 8.28. The summed E-state index contributed by atoms with van der Waals surface area (Å²) in [5.41, 5.74) is -4.55. The topological polar surface area (TPSA) is 127 Å². The van der Waals surface area contributed by atoms with Crippen LogP contribution in [0.25, 0.3) is 0 Å². The number of ether oxygens (including phenoxy) is 6. The van der Waals surface area contributed by atoms with Crippen molar-refractivity contribution in [3.05, 3.63) is 35.9 Å². The highest BCUT2D eigenvalue weighted by molar-refractivity contribution is 6.05. The van der Waals surface area contributed by atoms with Gasteiger partial charge in [0.25, 0.3) is 0 Å². The average Bonchev–Trinajstić information content (AvgIpc) is 3.25. The van der Waals surface area contributed by atoms with Crippen molar-refractivity contribution in [1.29, 1.82) is 0 Å². The maximum Gasteiger partial charge on any atom is 0.418 e. The summed E-state index contributed by atoms with van der Waals surface area (Å²) in [6.07, 6.45) is -2.34. The third-order valence-corrected chi connectivity index (χ3v) is 6.62. The van der Waals surface area contributed by atoms with E-state index in [2.05, 4.69) is 0 Å². The molecule has 2 amide bonds. The van der Waals surface area contributed by atoms with Crippen molar-refractivity contribution in [2.45, 2.75) is 84.0 Å². The van der Waals surface area contributed by atoms with Gasteiger partial charge in [0.05, 0.1) is 30.8 Å². The van der Waals surface area contributed by atoms with E-state index in [1.807, 2.05) is 0 Å². The summed E-state index contributed by atoms with van der Waals surface area (Å²) in [4.78, 5) is 54.4. The Bertz CT molecular complexity index is 1070. The van der Waals surface area contributed by atoms with E-state index in [0.29, 0.717) is 5.56 Å². The minimum atomic E-state index is -2.17. The normalized spacial score (nSPS) is 27.3. The Morgan fingerprint density at radius 1 is 1.13 bits per heavy atom. The summed E-state index contributed by atoms with van der Waals surface area (Å²) in [7, 11) is 0. The Hall–Kier alpha value is -3.02. The number of hydrogen-bond acceptors (Lipinski definition) is 10. The molecule has 1 aromatic rings. The van der Waals surface area contributed by atoms with Crippen LogP contribution in [0, 0.1) is 5.92 Å². The number of carbonyl (C=O) groups is 4. The summed E-state index contributed by atoms with van der Waals surface area (Å²) in [5.74, 6) is -4.54. The van der Waals surface area contributed by atoms with E-state index >= 15 is 0 Å². The Morgan fingerprint density at radius 3 is 2.29 bits per heavy atom. The zero-order valence-corrected chi connectivity index (χ0v) is 23.2. The number of rotatable bonds is 7. The van der Waals surface area contributed by atoms with Crippen LogP contribution < -0.4 is 0 Å². The molecule has 2 heterocycles. The molecule has 11 heteroatoms. The predicted molar refractivity (Wildman–Crippen MR) is 133 cm³/mol. The third kappa shape index (κ3) is 5.14. The van der Waals surface area contributed by atoms with Crippen LogP contribution in [0.3, 0.4) is 0 Å². The molecule has 0 radical (unpaired) electrons. The first kappa shape index (κ1) is 29.5. The Balaban J connectivity index is 2.07. The van der Waals surface area contributed by atoms with Crippen LogP contribution in [0.15, 0.2) is 30.3 Å². The predicted octanol–water partition coefficient (Wildman–Crippen LogP) is 3.44. The molecule has 1 spiro atoms. The van der Waals surface area contributed by atoms with E-state index in [1.165, 1.54) is 6.92 Å². The van der Waals surface area contributed by atoms with Crippen molar-refractivity contribution in [3.63, 3.8) is 0 Å². The lowest BCUT2D eigenvalue weighted by Crippen LogP contribution is -2.73. The van der Waals surface area contributed by atoms with Gasteiger partial charge in [-0.2, -0.15) is 0 Å². The van der Waals surface area contributed by atoms with E-state index in [0.717, 1.165) is 4.90 Å². The van der Waals surface area contributed by atoms with Crippen molar-refractivity contribution in [2.24, 2.45) is 5.92 Å². The second-order valence-corrected chi connectivity index (χ2v) is 10.8. The lowest BCUT2D eigenvalue weighted by atomic mass is 9.72. The van der Waals surface area contributed by atoms with Gasteiger partial charge in [0, 0.05) is 0 Å². The molecule has 2 aliphatic heterocycles. The summed E-state index contributed by atoms with van der Waals surface area (Å²) >= 11 is 0. The highest BCUT2D eigenvalue weighted by Crippen LogP contribution is 2.54. The quantitative estimate of drug-likeness (QED) is 0.291. The maximum absolute atomic E-state index is 13.9. The van der Waals surface area contributed by atoms with Gasteiger partial charge in [-0.3, -0.25) is 4.79 Å². The molecule has 0 unspecified atom stereocenters. The smallest absolute Gasteiger partial charge is 0.418 e. The fourth-order valence-electron chi connectivity index (χ4n) is 4.97. The molecule has 2 saturated heterocycles. The van der Waals surface area contributed by atoms with Gasteiger partial charge >= 0.3 is 18.0 Å². The van der Waals surface area contributed by atoms with Gasteiger partial charge in [0.1, 0.15) is 11.2 Å². The average molecular weight is 536 g/mol. The molecular weight excluding hydrogens is 498 g/mol. The number of carbonyl (C=O) groups excluding carboxylic acids is 4. The lowest BCUT2D eigenvalue weighted by molar-refractivity contribution is -0.222. The van der Waals surface area contributed by atoms with E-state index in [9.17, 15) is 19.2 Å².